The summed E-state index contributed by atoms with van der Waals surface area (Å²) < 4.78 is 33.2. The number of nitrogens with two attached hydrogens (primary N) is 1. The highest BCUT2D eigenvalue weighted by molar-refractivity contribution is 7.47. The molecule has 0 fully saturated rings. The number of hydrogen-bond acceptors (Lipinski definition) is 8. The van der Waals surface area contributed by atoms with Gasteiger partial charge in [-0.3, -0.25) is 18.6 Å². The third-order valence-corrected chi connectivity index (χ3v) is 15.3. The van der Waals surface area contributed by atoms with Crippen LogP contribution in [0.3, 0.4) is 0 Å². The lowest BCUT2D eigenvalue weighted by Gasteiger charge is -2.19. The van der Waals surface area contributed by atoms with Gasteiger partial charge in [0.15, 0.2) is 6.10 Å². The molecular weight excluding hydrogens is 1170 g/mol. The number of carbonyl (C=O) groups excluding carboxylic acids is 2. The van der Waals surface area contributed by atoms with Gasteiger partial charge < -0.3 is 20.1 Å². The predicted octanol–water partition coefficient (Wildman–Crippen LogP) is 24.4. The molecular formula is C83H130NO8P. The molecule has 0 aromatic rings. The van der Waals surface area contributed by atoms with Gasteiger partial charge in [-0.2, -0.15) is 0 Å². The quantitative estimate of drug-likeness (QED) is 0.0264. The lowest BCUT2D eigenvalue weighted by molar-refractivity contribution is -0.161. The molecule has 9 nitrogen and oxygen atoms in total. The van der Waals surface area contributed by atoms with E-state index in [1.54, 1.807) is 0 Å². The Morgan fingerprint density at radius 3 is 0.828 bits per heavy atom. The molecule has 0 aliphatic rings. The monoisotopic (exact) mass is 1300 g/mol. The average Bonchev–Trinajstić information content (AvgIpc) is 3.60. The van der Waals surface area contributed by atoms with Crippen LogP contribution in [0.4, 0.5) is 0 Å². The third kappa shape index (κ3) is 75.2. The minimum atomic E-state index is -4.42. The maximum Gasteiger partial charge on any atom is 0.472 e. The van der Waals surface area contributed by atoms with Crippen molar-refractivity contribution in [2.45, 2.75) is 264 Å². The molecule has 0 spiro atoms. The SMILES string of the molecule is CC/C=C\C/C=C\C/C=C\C/C=C\C/C=C\C/C=C\C/C=C\C/C=C\C/C=C\C/C=C\CCCCCCCCCCC(=O)OC(COC(=O)CCCCCCCCCC/C=C\C/C=C\C/C=C\C/C=C\C/C=C\C/C=C\C/C=C\C/C=C\CC)COP(=O)(O)OCCN. The van der Waals surface area contributed by atoms with Crippen molar-refractivity contribution in [2.24, 2.45) is 5.73 Å². The average molecular weight is 1300 g/mol. The molecule has 3 N–H and O–H groups in total. The van der Waals surface area contributed by atoms with E-state index in [-0.39, 0.29) is 32.6 Å². The van der Waals surface area contributed by atoms with Crippen LogP contribution in [0.5, 0.6) is 0 Å². The first-order chi connectivity index (χ1) is 45.8. The van der Waals surface area contributed by atoms with E-state index in [9.17, 15) is 19.0 Å². The lowest BCUT2D eigenvalue weighted by atomic mass is 10.1. The fourth-order valence-corrected chi connectivity index (χ4v) is 9.86. The Morgan fingerprint density at radius 1 is 0.323 bits per heavy atom. The van der Waals surface area contributed by atoms with Crippen molar-refractivity contribution >= 4 is 19.8 Å². The fraction of sp³-hybridized carbons (Fsp3) is 0.542. The molecule has 0 aliphatic heterocycles. The van der Waals surface area contributed by atoms with Crippen LogP contribution < -0.4 is 5.73 Å². The molecule has 520 valence electrons. The Labute approximate surface area is 569 Å². The second-order valence-corrected chi connectivity index (χ2v) is 24.4. The highest BCUT2D eigenvalue weighted by Gasteiger charge is 2.26. The molecule has 0 rings (SSSR count). The Morgan fingerprint density at radius 2 is 0.559 bits per heavy atom. The minimum absolute atomic E-state index is 0.0392. The lowest BCUT2D eigenvalue weighted by Crippen LogP contribution is -2.29. The normalized spacial score (nSPS) is 14.2. The first kappa shape index (κ1) is 87.3. The van der Waals surface area contributed by atoms with Gasteiger partial charge in [0, 0.05) is 19.4 Å². The zero-order valence-electron chi connectivity index (χ0n) is 58.4. The maximum atomic E-state index is 12.8. The number of ether oxygens (including phenoxy) is 2. The van der Waals surface area contributed by atoms with Crippen LogP contribution in [-0.4, -0.2) is 49.3 Å². The topological polar surface area (TPSA) is 134 Å². The zero-order chi connectivity index (χ0) is 67.2. The smallest absolute Gasteiger partial charge is 0.462 e. The van der Waals surface area contributed by atoms with Crippen LogP contribution in [0.15, 0.2) is 219 Å². The third-order valence-electron chi connectivity index (χ3n) is 14.4. The van der Waals surface area contributed by atoms with Crippen molar-refractivity contribution < 1.29 is 37.6 Å². The molecule has 0 saturated carbocycles. The Balaban J connectivity index is 4.02. The van der Waals surface area contributed by atoms with Crippen LogP contribution in [0.2, 0.25) is 0 Å². The molecule has 0 aliphatic carbocycles. The van der Waals surface area contributed by atoms with E-state index in [1.807, 2.05) is 0 Å². The van der Waals surface area contributed by atoms with Crippen LogP contribution in [0.25, 0.3) is 0 Å². The van der Waals surface area contributed by atoms with Crippen molar-refractivity contribution in [3.63, 3.8) is 0 Å². The number of hydrogen-bond donors (Lipinski definition) is 2. The number of unbranched alkanes of at least 4 members (excludes halogenated alkanes) is 16. The highest BCUT2D eigenvalue weighted by atomic mass is 31.2. The Bertz CT molecular complexity index is 2330. The number of allylic oxidation sites excluding steroid dienone is 36. The van der Waals surface area contributed by atoms with Gasteiger partial charge in [-0.05, 0) is 154 Å². The molecule has 0 amide bonds. The van der Waals surface area contributed by atoms with E-state index in [0.717, 1.165) is 167 Å². The summed E-state index contributed by atoms with van der Waals surface area (Å²) in [5.74, 6) is -0.862. The molecule has 93 heavy (non-hydrogen) atoms. The molecule has 0 aromatic carbocycles. The van der Waals surface area contributed by atoms with Crippen molar-refractivity contribution in [2.75, 3.05) is 26.4 Å². The van der Waals surface area contributed by atoms with E-state index in [0.29, 0.717) is 12.8 Å². The number of esters is 2. The van der Waals surface area contributed by atoms with Crippen molar-refractivity contribution in [3.05, 3.63) is 219 Å². The van der Waals surface area contributed by atoms with Crippen LogP contribution >= 0.6 is 7.82 Å². The van der Waals surface area contributed by atoms with E-state index >= 15 is 0 Å². The number of rotatable bonds is 65. The number of carbonyl (C=O) groups is 2. The van der Waals surface area contributed by atoms with Gasteiger partial charge in [0.2, 0.25) is 0 Å². The molecule has 0 radical (unpaired) electrons. The zero-order valence-corrected chi connectivity index (χ0v) is 59.3. The van der Waals surface area contributed by atoms with E-state index in [4.69, 9.17) is 24.3 Å². The van der Waals surface area contributed by atoms with Crippen molar-refractivity contribution in [3.8, 4) is 0 Å². The standard InChI is InChI=1S/C83H130NO8P/c1-3-5-7-9-11-13-15-17-19-21-23-25-27-29-31-33-35-37-38-39-40-41-42-44-46-48-50-52-54-56-58-60-62-64-66-68-70-72-74-76-83(86)92-81(80-91-93(87,88)90-78-77-84)79-89-82(85)75-73-71-69-67-65-63-61-59-57-55-53-51-49-47-45-43-36-34-32-30-28-26-24-22-20-18-16-14-12-10-8-6-4-2/h5-8,11-14,17-20,23-26,29-32,35-37,39-40,42-44,47-50,53-56,81H,3-4,9-10,15-16,21-22,27-28,33-34,38,41,45-46,51-52,57-80,84H2,1-2H3,(H,87,88)/b7-5-,8-6-,13-11-,14-12-,19-17-,20-18-,25-23-,26-24-,31-29-,32-30-,37-35-,40-39-,43-36-,44-42-,49-47-,50-48-,55-53-,56-54-. The van der Waals surface area contributed by atoms with E-state index in [2.05, 4.69) is 233 Å². The van der Waals surface area contributed by atoms with E-state index < -0.39 is 32.5 Å². The van der Waals surface area contributed by atoms with Gasteiger partial charge in [-0.15, -0.1) is 0 Å². The Hall–Kier alpha value is -5.67. The summed E-state index contributed by atoms with van der Waals surface area (Å²) in [7, 11) is -4.42. The molecule has 2 atom stereocenters. The second-order valence-electron chi connectivity index (χ2n) is 23.0. The predicted molar refractivity (Wildman–Crippen MR) is 403 cm³/mol. The maximum absolute atomic E-state index is 12.8. The van der Waals surface area contributed by atoms with Crippen molar-refractivity contribution in [1.82, 2.24) is 0 Å². The van der Waals surface area contributed by atoms with Crippen molar-refractivity contribution in [1.29, 1.82) is 0 Å². The molecule has 10 heteroatoms. The molecule has 0 heterocycles. The van der Waals surface area contributed by atoms with Gasteiger partial charge in [-0.1, -0.05) is 310 Å². The molecule has 0 saturated heterocycles. The van der Waals surface area contributed by atoms with Crippen LogP contribution in [0.1, 0.15) is 258 Å². The van der Waals surface area contributed by atoms with Gasteiger partial charge >= 0.3 is 19.8 Å². The first-order valence-corrected chi connectivity index (χ1v) is 37.7. The number of phosphoric acid groups is 1. The van der Waals surface area contributed by atoms with Gasteiger partial charge in [0.1, 0.15) is 6.61 Å². The highest BCUT2D eigenvalue weighted by Crippen LogP contribution is 2.43. The first-order valence-electron chi connectivity index (χ1n) is 36.2. The van der Waals surface area contributed by atoms with Crippen LogP contribution in [0, 0.1) is 0 Å². The Kier molecular flexibility index (Phi) is 70.8. The van der Waals surface area contributed by atoms with Gasteiger partial charge in [-0.25, -0.2) is 4.57 Å². The summed E-state index contributed by atoms with van der Waals surface area (Å²) in [6.45, 7) is 3.47. The number of phosphoric ester groups is 1. The largest absolute Gasteiger partial charge is 0.472 e. The molecule has 0 bridgehead atoms. The summed E-state index contributed by atoms with van der Waals surface area (Å²) in [4.78, 5) is 35.4. The summed E-state index contributed by atoms with van der Waals surface area (Å²) in [6, 6.07) is 0. The summed E-state index contributed by atoms with van der Waals surface area (Å²) in [5, 5.41) is 0. The second kappa shape index (κ2) is 75.4. The fourth-order valence-electron chi connectivity index (χ4n) is 9.09. The minimum Gasteiger partial charge on any atom is -0.462 e. The van der Waals surface area contributed by atoms with Crippen LogP contribution in [-0.2, 0) is 32.7 Å². The summed E-state index contributed by atoms with van der Waals surface area (Å²) in [6.07, 6.45) is 117. The molecule has 0 aromatic heterocycles. The van der Waals surface area contributed by atoms with E-state index in [1.165, 1.54) is 51.4 Å². The van der Waals surface area contributed by atoms with Gasteiger partial charge in [0.05, 0.1) is 13.2 Å². The molecule has 2 unspecified atom stereocenters. The summed E-state index contributed by atoms with van der Waals surface area (Å²) in [5.41, 5.74) is 5.40. The summed E-state index contributed by atoms with van der Waals surface area (Å²) >= 11 is 0. The van der Waals surface area contributed by atoms with Gasteiger partial charge in [0.25, 0.3) is 0 Å².